The summed E-state index contributed by atoms with van der Waals surface area (Å²) in [5.74, 6) is 1.09. The molecule has 3 rings (SSSR count). The van der Waals surface area contributed by atoms with Gasteiger partial charge in [-0.2, -0.15) is 0 Å². The monoisotopic (exact) mass is 435 g/mol. The van der Waals surface area contributed by atoms with E-state index in [0.29, 0.717) is 17.3 Å². The molecule has 3 aromatic rings. The number of nitrogens with two attached hydrogens (primary N) is 1. The van der Waals surface area contributed by atoms with Gasteiger partial charge in [0, 0.05) is 15.5 Å². The van der Waals surface area contributed by atoms with Crippen LogP contribution in [0.4, 0.5) is 0 Å². The molecular formula is C19H18ClN3O3S2. The van der Waals surface area contributed by atoms with Gasteiger partial charge in [0.25, 0.3) is 0 Å². The van der Waals surface area contributed by atoms with Gasteiger partial charge in [0.05, 0.1) is 24.4 Å². The van der Waals surface area contributed by atoms with Crippen LogP contribution in [0.25, 0.3) is 11.3 Å². The number of nitrogens with zero attached hydrogens (tertiary/aromatic N) is 1. The van der Waals surface area contributed by atoms with Gasteiger partial charge in [0.2, 0.25) is 11.8 Å². The van der Waals surface area contributed by atoms with E-state index in [1.807, 2.05) is 31.2 Å². The maximum absolute atomic E-state index is 12.1. The van der Waals surface area contributed by atoms with Crippen molar-refractivity contribution in [3.8, 4) is 11.3 Å². The topological polar surface area (TPSA) is 98.2 Å². The predicted octanol–water partition coefficient (Wildman–Crippen LogP) is 3.80. The molecule has 3 N–H and O–H groups in total. The number of halogens is 1. The maximum atomic E-state index is 12.1. The number of hydrogen-bond donors (Lipinski definition) is 2. The lowest BCUT2D eigenvalue weighted by Gasteiger charge is -2.02. The van der Waals surface area contributed by atoms with E-state index in [1.165, 1.54) is 23.1 Å². The fraction of sp³-hybridized carbons (Fsp3) is 0.211. The van der Waals surface area contributed by atoms with Crippen LogP contribution >= 0.6 is 34.7 Å². The molecular weight excluding hydrogens is 418 g/mol. The zero-order valence-electron chi connectivity index (χ0n) is 15.0. The van der Waals surface area contributed by atoms with Gasteiger partial charge in [-0.3, -0.25) is 9.59 Å². The molecule has 0 spiro atoms. The van der Waals surface area contributed by atoms with Crippen LogP contribution in [0.5, 0.6) is 0 Å². The van der Waals surface area contributed by atoms with Crippen molar-refractivity contribution in [2.24, 2.45) is 5.73 Å². The number of thiazole rings is 1. The molecule has 28 heavy (non-hydrogen) atoms. The second-order valence-electron chi connectivity index (χ2n) is 5.97. The minimum atomic E-state index is -0.391. The molecule has 0 aliphatic heterocycles. The van der Waals surface area contributed by atoms with Crippen LogP contribution in [0.2, 0.25) is 5.02 Å². The van der Waals surface area contributed by atoms with Crippen LogP contribution < -0.4 is 11.1 Å². The summed E-state index contributed by atoms with van der Waals surface area (Å²) in [6.45, 7) is 2.13. The summed E-state index contributed by atoms with van der Waals surface area (Å²) in [7, 11) is 0. The summed E-state index contributed by atoms with van der Waals surface area (Å²) < 4.78 is 6.50. The van der Waals surface area contributed by atoms with Crippen molar-refractivity contribution in [1.29, 1.82) is 0 Å². The van der Waals surface area contributed by atoms with Crippen molar-refractivity contribution in [3.63, 3.8) is 0 Å². The SMILES string of the molecule is Cc1nc(SCC(=O)NCc2ccc(-c3ccc(Cl)cc3)o2)sc1CC(N)=O. The lowest BCUT2D eigenvalue weighted by Crippen LogP contribution is -2.24. The highest BCUT2D eigenvalue weighted by Gasteiger charge is 2.12. The number of nitrogens with one attached hydrogen (secondary N) is 1. The van der Waals surface area contributed by atoms with Crippen LogP contribution in [0.3, 0.4) is 0 Å². The van der Waals surface area contributed by atoms with E-state index in [1.54, 1.807) is 12.1 Å². The summed E-state index contributed by atoms with van der Waals surface area (Å²) in [6.07, 6.45) is 0.171. The van der Waals surface area contributed by atoms with Crippen molar-refractivity contribution < 1.29 is 14.0 Å². The number of aryl methyl sites for hydroxylation is 1. The minimum absolute atomic E-state index is 0.126. The van der Waals surface area contributed by atoms with Crippen molar-refractivity contribution in [1.82, 2.24) is 10.3 Å². The van der Waals surface area contributed by atoms with Gasteiger partial charge in [0.1, 0.15) is 11.5 Å². The number of carbonyl (C=O) groups is 2. The Labute approximate surface area is 175 Å². The first-order chi connectivity index (χ1) is 13.4. The third-order valence-corrected chi connectivity index (χ3v) is 6.34. The summed E-state index contributed by atoms with van der Waals surface area (Å²) >= 11 is 8.61. The van der Waals surface area contributed by atoms with Gasteiger partial charge in [-0.1, -0.05) is 23.4 Å². The quantitative estimate of drug-likeness (QED) is 0.524. The van der Waals surface area contributed by atoms with Crippen molar-refractivity contribution in [2.75, 3.05) is 5.75 Å². The number of hydrogen-bond acceptors (Lipinski definition) is 6. The maximum Gasteiger partial charge on any atom is 0.230 e. The second kappa shape index (κ2) is 9.27. The second-order valence-corrected chi connectivity index (χ2v) is 8.71. The number of amides is 2. The van der Waals surface area contributed by atoms with Crippen molar-refractivity contribution >= 4 is 46.5 Å². The Bertz CT molecular complexity index is 983. The summed E-state index contributed by atoms with van der Waals surface area (Å²) in [6, 6.07) is 11.0. The summed E-state index contributed by atoms with van der Waals surface area (Å²) in [4.78, 5) is 28.3. The Balaban J connectivity index is 1.48. The van der Waals surface area contributed by atoms with Crippen LogP contribution in [-0.2, 0) is 22.6 Å². The number of carbonyl (C=O) groups excluding carboxylic acids is 2. The molecule has 0 aliphatic carbocycles. The van der Waals surface area contributed by atoms with Gasteiger partial charge in [-0.25, -0.2) is 4.98 Å². The molecule has 0 atom stereocenters. The van der Waals surface area contributed by atoms with E-state index in [4.69, 9.17) is 21.8 Å². The van der Waals surface area contributed by atoms with E-state index in [0.717, 1.165) is 26.2 Å². The first-order valence-electron chi connectivity index (χ1n) is 8.39. The number of primary amides is 1. The largest absolute Gasteiger partial charge is 0.459 e. The molecule has 6 nitrogen and oxygen atoms in total. The molecule has 2 heterocycles. The van der Waals surface area contributed by atoms with Crippen molar-refractivity contribution in [2.45, 2.75) is 24.2 Å². The Morgan fingerprint density at radius 1 is 1.25 bits per heavy atom. The molecule has 0 saturated carbocycles. The van der Waals surface area contributed by atoms with Crippen LogP contribution in [0, 0.1) is 6.92 Å². The Hall–Kier alpha value is -2.29. The van der Waals surface area contributed by atoms with Gasteiger partial charge >= 0.3 is 0 Å². The number of furan rings is 1. The normalized spacial score (nSPS) is 10.8. The highest BCUT2D eigenvalue weighted by molar-refractivity contribution is 8.01. The zero-order chi connectivity index (χ0) is 20.1. The standard InChI is InChI=1S/C19H18ClN3O3S2/c1-11-16(8-17(21)24)28-19(23-11)27-10-18(25)22-9-14-6-7-15(26-14)12-2-4-13(20)5-3-12/h2-7H,8-10H2,1H3,(H2,21,24)(H,22,25). The van der Waals surface area contributed by atoms with E-state index in [-0.39, 0.29) is 18.1 Å². The molecule has 2 amide bonds. The summed E-state index contributed by atoms with van der Waals surface area (Å²) in [5, 5.41) is 3.49. The van der Waals surface area contributed by atoms with Gasteiger partial charge in [-0.05, 0) is 43.3 Å². The summed E-state index contributed by atoms with van der Waals surface area (Å²) in [5.41, 5.74) is 6.91. The Kier molecular flexibility index (Phi) is 6.77. The van der Waals surface area contributed by atoms with Gasteiger partial charge in [-0.15, -0.1) is 11.3 Å². The number of benzene rings is 1. The predicted molar refractivity (Wildman–Crippen MR) is 111 cm³/mol. The lowest BCUT2D eigenvalue weighted by atomic mass is 10.2. The molecule has 146 valence electrons. The molecule has 0 unspecified atom stereocenters. The molecule has 0 bridgehead atoms. The van der Waals surface area contributed by atoms with E-state index in [2.05, 4.69) is 10.3 Å². The van der Waals surface area contributed by atoms with Crippen LogP contribution in [0.1, 0.15) is 16.3 Å². The third-order valence-electron chi connectivity index (χ3n) is 3.78. The Morgan fingerprint density at radius 3 is 2.71 bits per heavy atom. The van der Waals surface area contributed by atoms with E-state index >= 15 is 0 Å². The Morgan fingerprint density at radius 2 is 2.00 bits per heavy atom. The highest BCUT2D eigenvalue weighted by atomic mass is 35.5. The average molecular weight is 436 g/mol. The highest BCUT2D eigenvalue weighted by Crippen LogP contribution is 2.27. The average Bonchev–Trinajstić information content (AvgIpc) is 3.25. The first-order valence-corrected chi connectivity index (χ1v) is 10.6. The molecule has 0 radical (unpaired) electrons. The fourth-order valence-corrected chi connectivity index (χ4v) is 4.59. The molecule has 1 aromatic carbocycles. The lowest BCUT2D eigenvalue weighted by molar-refractivity contribution is -0.119. The van der Waals surface area contributed by atoms with Gasteiger partial charge < -0.3 is 15.5 Å². The molecule has 0 saturated heterocycles. The number of aromatic nitrogens is 1. The van der Waals surface area contributed by atoms with Crippen molar-refractivity contribution in [3.05, 3.63) is 57.8 Å². The minimum Gasteiger partial charge on any atom is -0.459 e. The van der Waals surface area contributed by atoms with E-state index < -0.39 is 5.91 Å². The number of rotatable bonds is 8. The third kappa shape index (κ3) is 5.60. The van der Waals surface area contributed by atoms with Crippen LogP contribution in [0.15, 0.2) is 45.2 Å². The smallest absolute Gasteiger partial charge is 0.230 e. The molecule has 0 fully saturated rings. The van der Waals surface area contributed by atoms with E-state index in [9.17, 15) is 9.59 Å². The first kappa shape index (κ1) is 20.4. The van der Waals surface area contributed by atoms with Crippen LogP contribution in [-0.4, -0.2) is 22.6 Å². The fourth-order valence-electron chi connectivity index (χ4n) is 2.39. The molecule has 2 aromatic heterocycles. The molecule has 9 heteroatoms. The number of thioether (sulfide) groups is 1. The zero-order valence-corrected chi connectivity index (χ0v) is 17.4. The van der Waals surface area contributed by atoms with Gasteiger partial charge in [0.15, 0.2) is 4.34 Å². The molecule has 0 aliphatic rings.